The molecule has 1 N–H and O–H groups in total. The molecule has 0 fully saturated rings. The molecule has 4 nitrogen and oxygen atoms in total. The van der Waals surface area contributed by atoms with E-state index in [2.05, 4.69) is 15.3 Å². The third kappa shape index (κ3) is 4.51. The summed E-state index contributed by atoms with van der Waals surface area (Å²) >= 11 is 7.18. The smallest absolute Gasteiger partial charge is 0.234 e. The van der Waals surface area contributed by atoms with Gasteiger partial charge >= 0.3 is 0 Å². The SMILES string of the molecule is Cc1cc(SCC(=O)Nc2ccc(Cl)cc2)nc(C)n1. The van der Waals surface area contributed by atoms with Gasteiger partial charge in [0.15, 0.2) is 0 Å². The zero-order valence-corrected chi connectivity index (χ0v) is 12.8. The molecule has 0 bridgehead atoms. The van der Waals surface area contributed by atoms with Crippen molar-refractivity contribution in [2.45, 2.75) is 18.9 Å². The van der Waals surface area contributed by atoms with Crippen molar-refractivity contribution in [1.29, 1.82) is 0 Å². The summed E-state index contributed by atoms with van der Waals surface area (Å²) in [5, 5.41) is 4.26. The number of nitrogens with zero attached hydrogens (tertiary/aromatic N) is 2. The summed E-state index contributed by atoms with van der Waals surface area (Å²) < 4.78 is 0. The molecule has 2 rings (SSSR count). The van der Waals surface area contributed by atoms with E-state index >= 15 is 0 Å². The maximum atomic E-state index is 11.8. The third-order valence-corrected chi connectivity index (χ3v) is 3.59. The quantitative estimate of drug-likeness (QED) is 0.694. The first-order valence-electron chi connectivity index (χ1n) is 6.03. The molecule has 0 spiro atoms. The second-order valence-electron chi connectivity index (χ2n) is 4.24. The van der Waals surface area contributed by atoms with Gasteiger partial charge in [0.1, 0.15) is 10.9 Å². The Balaban J connectivity index is 1.90. The van der Waals surface area contributed by atoms with Crippen LogP contribution < -0.4 is 5.32 Å². The summed E-state index contributed by atoms with van der Waals surface area (Å²) in [7, 11) is 0. The Bertz CT molecular complexity index is 596. The highest BCUT2D eigenvalue weighted by molar-refractivity contribution is 7.99. The van der Waals surface area contributed by atoms with Crippen molar-refractivity contribution in [3.63, 3.8) is 0 Å². The molecule has 6 heteroatoms. The van der Waals surface area contributed by atoms with Crippen molar-refractivity contribution in [2.24, 2.45) is 0 Å². The molecular formula is C14H14ClN3OS. The Morgan fingerprint density at radius 3 is 2.60 bits per heavy atom. The molecule has 1 aromatic heterocycles. The summed E-state index contributed by atoms with van der Waals surface area (Å²) in [5.41, 5.74) is 1.63. The Morgan fingerprint density at radius 2 is 1.95 bits per heavy atom. The number of rotatable bonds is 4. The van der Waals surface area contributed by atoms with Crippen LogP contribution in [0.4, 0.5) is 5.69 Å². The van der Waals surface area contributed by atoms with Crippen molar-refractivity contribution < 1.29 is 4.79 Å². The molecule has 1 amide bonds. The first kappa shape index (κ1) is 14.8. The Labute approximate surface area is 127 Å². The van der Waals surface area contributed by atoms with Gasteiger partial charge in [0.05, 0.1) is 5.75 Å². The number of amides is 1. The van der Waals surface area contributed by atoms with E-state index in [1.54, 1.807) is 24.3 Å². The fraction of sp³-hybridized carbons (Fsp3) is 0.214. The first-order valence-corrected chi connectivity index (χ1v) is 7.40. The van der Waals surface area contributed by atoms with Crippen molar-refractivity contribution in [2.75, 3.05) is 11.1 Å². The van der Waals surface area contributed by atoms with E-state index in [1.807, 2.05) is 19.9 Å². The standard InChI is InChI=1S/C14H14ClN3OS/c1-9-7-14(17-10(2)16-9)20-8-13(19)18-12-5-3-11(15)4-6-12/h3-7H,8H2,1-2H3,(H,18,19). The molecule has 0 radical (unpaired) electrons. The van der Waals surface area contributed by atoms with Crippen LogP contribution in [0.25, 0.3) is 0 Å². The average molecular weight is 308 g/mol. The lowest BCUT2D eigenvalue weighted by atomic mass is 10.3. The first-order chi connectivity index (χ1) is 9.52. The predicted molar refractivity (Wildman–Crippen MR) is 82.3 cm³/mol. The highest BCUT2D eigenvalue weighted by Gasteiger charge is 2.06. The van der Waals surface area contributed by atoms with Gasteiger partial charge in [-0.25, -0.2) is 9.97 Å². The summed E-state index contributed by atoms with van der Waals surface area (Å²) in [4.78, 5) is 20.3. The van der Waals surface area contributed by atoms with Crippen LogP contribution in [0.5, 0.6) is 0 Å². The Kier molecular flexibility index (Phi) is 4.98. The normalized spacial score (nSPS) is 10.3. The van der Waals surface area contributed by atoms with E-state index in [4.69, 9.17) is 11.6 Å². The van der Waals surface area contributed by atoms with Crippen LogP contribution in [0, 0.1) is 13.8 Å². The number of hydrogen-bond donors (Lipinski definition) is 1. The van der Waals surface area contributed by atoms with Gasteiger partial charge < -0.3 is 5.32 Å². The number of carbonyl (C=O) groups is 1. The van der Waals surface area contributed by atoms with E-state index in [9.17, 15) is 4.79 Å². The largest absolute Gasteiger partial charge is 0.325 e. The lowest BCUT2D eigenvalue weighted by molar-refractivity contribution is -0.113. The highest BCUT2D eigenvalue weighted by Crippen LogP contribution is 2.17. The van der Waals surface area contributed by atoms with Crippen LogP contribution in [0.2, 0.25) is 5.02 Å². The zero-order chi connectivity index (χ0) is 14.5. The van der Waals surface area contributed by atoms with Crippen molar-refractivity contribution in [3.05, 3.63) is 46.9 Å². The maximum absolute atomic E-state index is 11.8. The number of benzene rings is 1. The maximum Gasteiger partial charge on any atom is 0.234 e. The number of aryl methyl sites for hydroxylation is 2. The second-order valence-corrected chi connectivity index (χ2v) is 5.67. The van der Waals surface area contributed by atoms with E-state index in [-0.39, 0.29) is 5.91 Å². The number of aromatic nitrogens is 2. The van der Waals surface area contributed by atoms with Gasteiger partial charge in [0.25, 0.3) is 0 Å². The van der Waals surface area contributed by atoms with E-state index in [1.165, 1.54) is 11.8 Å². The summed E-state index contributed by atoms with van der Waals surface area (Å²) in [6.45, 7) is 3.75. The van der Waals surface area contributed by atoms with Crippen molar-refractivity contribution in [1.82, 2.24) is 9.97 Å². The van der Waals surface area contributed by atoms with Gasteiger partial charge in [-0.3, -0.25) is 4.79 Å². The van der Waals surface area contributed by atoms with Gasteiger partial charge in [-0.1, -0.05) is 23.4 Å². The number of thioether (sulfide) groups is 1. The molecule has 0 unspecified atom stereocenters. The molecule has 0 saturated heterocycles. The molecule has 0 aliphatic heterocycles. The van der Waals surface area contributed by atoms with Crippen molar-refractivity contribution >= 4 is 35.0 Å². The molecule has 0 saturated carbocycles. The van der Waals surface area contributed by atoms with Crippen LogP contribution >= 0.6 is 23.4 Å². The van der Waals surface area contributed by atoms with E-state index in [0.29, 0.717) is 16.6 Å². The fourth-order valence-corrected chi connectivity index (χ4v) is 2.55. The van der Waals surface area contributed by atoms with Crippen LogP contribution in [0.3, 0.4) is 0 Å². The van der Waals surface area contributed by atoms with Crippen LogP contribution in [0.1, 0.15) is 11.5 Å². The topological polar surface area (TPSA) is 54.9 Å². The predicted octanol–water partition coefficient (Wildman–Crippen LogP) is 3.48. The molecule has 20 heavy (non-hydrogen) atoms. The molecular weight excluding hydrogens is 294 g/mol. The lowest BCUT2D eigenvalue weighted by Gasteiger charge is -2.05. The monoisotopic (exact) mass is 307 g/mol. The third-order valence-electron chi connectivity index (χ3n) is 2.42. The molecule has 0 aliphatic carbocycles. The summed E-state index contributed by atoms with van der Waals surface area (Å²) in [5.74, 6) is 0.940. The van der Waals surface area contributed by atoms with E-state index < -0.39 is 0 Å². The number of hydrogen-bond acceptors (Lipinski definition) is 4. The minimum Gasteiger partial charge on any atom is -0.325 e. The minimum absolute atomic E-state index is 0.0776. The van der Waals surface area contributed by atoms with Crippen LogP contribution in [-0.4, -0.2) is 21.6 Å². The Morgan fingerprint density at radius 1 is 1.25 bits per heavy atom. The number of halogens is 1. The molecule has 0 atom stereocenters. The number of nitrogens with one attached hydrogen (secondary N) is 1. The highest BCUT2D eigenvalue weighted by atomic mass is 35.5. The fourth-order valence-electron chi connectivity index (χ4n) is 1.63. The summed E-state index contributed by atoms with van der Waals surface area (Å²) in [6.07, 6.45) is 0. The van der Waals surface area contributed by atoms with Gasteiger partial charge in [0, 0.05) is 16.4 Å². The van der Waals surface area contributed by atoms with Gasteiger partial charge in [0.2, 0.25) is 5.91 Å². The molecule has 0 aliphatic rings. The molecule has 104 valence electrons. The zero-order valence-electron chi connectivity index (χ0n) is 11.2. The molecule has 2 aromatic rings. The molecule has 1 aromatic carbocycles. The number of carbonyl (C=O) groups excluding carboxylic acids is 1. The molecule has 1 heterocycles. The summed E-state index contributed by atoms with van der Waals surface area (Å²) in [6, 6.07) is 8.88. The van der Waals surface area contributed by atoms with Crippen LogP contribution in [0.15, 0.2) is 35.4 Å². The van der Waals surface area contributed by atoms with E-state index in [0.717, 1.165) is 16.4 Å². The van der Waals surface area contributed by atoms with Gasteiger partial charge in [-0.2, -0.15) is 0 Å². The minimum atomic E-state index is -0.0776. The van der Waals surface area contributed by atoms with Crippen LogP contribution in [-0.2, 0) is 4.79 Å². The van der Waals surface area contributed by atoms with Crippen molar-refractivity contribution in [3.8, 4) is 0 Å². The van der Waals surface area contributed by atoms with Gasteiger partial charge in [-0.15, -0.1) is 0 Å². The Hall–Kier alpha value is -1.59. The lowest BCUT2D eigenvalue weighted by Crippen LogP contribution is -2.14. The van der Waals surface area contributed by atoms with Gasteiger partial charge in [-0.05, 0) is 44.2 Å². The second kappa shape index (κ2) is 6.72. The number of anilines is 1. The average Bonchev–Trinajstić information content (AvgIpc) is 2.38.